The van der Waals surface area contributed by atoms with E-state index < -0.39 is 16.1 Å². The Kier molecular flexibility index (Phi) is 5.13. The second-order valence-corrected chi connectivity index (χ2v) is 7.90. The third-order valence-electron chi connectivity index (χ3n) is 4.05. The van der Waals surface area contributed by atoms with E-state index in [1.54, 1.807) is 24.4 Å². The van der Waals surface area contributed by atoms with Crippen molar-refractivity contribution in [3.05, 3.63) is 42.1 Å². The molecule has 0 unspecified atom stereocenters. The Bertz CT molecular complexity index is 911. The number of unbranched alkanes of at least 4 members (excludes halogenated alkanes) is 1. The average Bonchev–Trinajstić information content (AvgIpc) is 2.61. The summed E-state index contributed by atoms with van der Waals surface area (Å²) in [6.45, 7) is 3.91. The number of carbonyl (C=O) groups is 1. The minimum absolute atomic E-state index is 0.0227. The Morgan fingerprint density at radius 2 is 2.08 bits per heavy atom. The summed E-state index contributed by atoms with van der Waals surface area (Å²) in [6, 6.07) is 7.76. The van der Waals surface area contributed by atoms with E-state index in [1.807, 2.05) is 13.8 Å². The molecule has 0 saturated heterocycles. The number of pyridine rings is 1. The van der Waals surface area contributed by atoms with Gasteiger partial charge in [0, 0.05) is 6.20 Å². The van der Waals surface area contributed by atoms with Gasteiger partial charge in [0.25, 0.3) is 15.9 Å². The number of aryl methyl sites for hydroxylation is 1. The van der Waals surface area contributed by atoms with E-state index in [-0.39, 0.29) is 16.6 Å². The van der Waals surface area contributed by atoms with Crippen molar-refractivity contribution >= 4 is 27.4 Å². The summed E-state index contributed by atoms with van der Waals surface area (Å²) in [4.78, 5) is 16.2. The number of sulfonamides is 1. The van der Waals surface area contributed by atoms with Crippen molar-refractivity contribution in [2.45, 2.75) is 44.1 Å². The van der Waals surface area contributed by atoms with Crippen LogP contribution in [0.3, 0.4) is 0 Å². The Balaban J connectivity index is 1.81. The van der Waals surface area contributed by atoms with Gasteiger partial charge in [-0.3, -0.25) is 9.52 Å². The highest BCUT2D eigenvalue weighted by Gasteiger charge is 2.28. The van der Waals surface area contributed by atoms with Gasteiger partial charge in [0.05, 0.1) is 10.6 Å². The molecule has 1 aromatic carbocycles. The first-order chi connectivity index (χ1) is 12.4. The van der Waals surface area contributed by atoms with Gasteiger partial charge in [-0.1, -0.05) is 19.4 Å². The van der Waals surface area contributed by atoms with E-state index in [0.29, 0.717) is 17.9 Å². The Morgan fingerprint density at radius 1 is 1.27 bits per heavy atom. The SMILES string of the molecule is CCCC[C@@H]1Oc2ccc(S(=O)(=O)Nc3ccc(C)cn3)cc2NC1=O. The predicted molar refractivity (Wildman–Crippen MR) is 98.8 cm³/mol. The van der Waals surface area contributed by atoms with Gasteiger partial charge in [-0.2, -0.15) is 0 Å². The highest BCUT2D eigenvalue weighted by atomic mass is 32.2. The molecule has 1 aromatic heterocycles. The molecule has 0 fully saturated rings. The molecule has 0 aliphatic carbocycles. The summed E-state index contributed by atoms with van der Waals surface area (Å²) in [7, 11) is -3.82. The van der Waals surface area contributed by atoms with Crippen LogP contribution in [0.4, 0.5) is 11.5 Å². The first-order valence-electron chi connectivity index (χ1n) is 8.46. The smallest absolute Gasteiger partial charge is 0.265 e. The van der Waals surface area contributed by atoms with Crippen LogP contribution >= 0.6 is 0 Å². The van der Waals surface area contributed by atoms with Crippen LogP contribution in [0.25, 0.3) is 0 Å². The number of hydrogen-bond donors (Lipinski definition) is 2. The number of ether oxygens (including phenoxy) is 1. The second kappa shape index (κ2) is 7.33. The summed E-state index contributed by atoms with van der Waals surface area (Å²) >= 11 is 0. The van der Waals surface area contributed by atoms with E-state index >= 15 is 0 Å². The lowest BCUT2D eigenvalue weighted by molar-refractivity contribution is -0.123. The highest BCUT2D eigenvalue weighted by molar-refractivity contribution is 7.92. The molecule has 1 atom stereocenters. The first kappa shape index (κ1) is 18.2. The highest BCUT2D eigenvalue weighted by Crippen LogP contribution is 2.33. The number of nitrogens with zero attached hydrogens (tertiary/aromatic N) is 1. The maximum Gasteiger partial charge on any atom is 0.265 e. The number of nitrogens with one attached hydrogen (secondary N) is 2. The van der Waals surface area contributed by atoms with Crippen molar-refractivity contribution < 1.29 is 17.9 Å². The van der Waals surface area contributed by atoms with Crippen molar-refractivity contribution in [3.8, 4) is 5.75 Å². The van der Waals surface area contributed by atoms with Gasteiger partial charge in [-0.25, -0.2) is 13.4 Å². The Hall–Kier alpha value is -2.61. The molecular weight excluding hydrogens is 354 g/mol. The summed E-state index contributed by atoms with van der Waals surface area (Å²) in [5, 5.41) is 2.73. The molecule has 1 aliphatic rings. The largest absolute Gasteiger partial charge is 0.478 e. The lowest BCUT2D eigenvalue weighted by Crippen LogP contribution is -2.37. The molecule has 138 valence electrons. The van der Waals surface area contributed by atoms with Crippen LogP contribution in [-0.4, -0.2) is 25.4 Å². The molecule has 7 nitrogen and oxygen atoms in total. The zero-order valence-corrected chi connectivity index (χ0v) is 15.5. The number of rotatable bonds is 6. The van der Waals surface area contributed by atoms with Crippen LogP contribution in [0.5, 0.6) is 5.75 Å². The number of fused-ring (bicyclic) bond motifs is 1. The fourth-order valence-corrected chi connectivity index (χ4v) is 3.64. The fourth-order valence-electron chi connectivity index (χ4n) is 2.60. The van der Waals surface area contributed by atoms with E-state index in [2.05, 4.69) is 15.0 Å². The predicted octanol–water partition coefficient (Wildman–Crippen LogP) is 3.08. The monoisotopic (exact) mass is 375 g/mol. The molecule has 8 heteroatoms. The zero-order valence-electron chi connectivity index (χ0n) is 14.7. The quantitative estimate of drug-likeness (QED) is 0.809. The number of hydrogen-bond acceptors (Lipinski definition) is 5. The topological polar surface area (TPSA) is 97.4 Å². The van der Waals surface area contributed by atoms with Gasteiger partial charge in [0.1, 0.15) is 11.6 Å². The molecule has 3 rings (SSSR count). The van der Waals surface area contributed by atoms with Crippen LogP contribution in [0.2, 0.25) is 0 Å². The maximum absolute atomic E-state index is 12.6. The number of carbonyl (C=O) groups excluding carboxylic acids is 1. The minimum atomic E-state index is -3.82. The molecule has 1 aliphatic heterocycles. The van der Waals surface area contributed by atoms with E-state index in [0.717, 1.165) is 18.4 Å². The van der Waals surface area contributed by atoms with E-state index in [4.69, 9.17) is 4.74 Å². The van der Waals surface area contributed by atoms with Crippen LogP contribution in [-0.2, 0) is 14.8 Å². The molecule has 1 amide bonds. The Labute approximate surface area is 152 Å². The molecule has 0 radical (unpaired) electrons. The van der Waals surface area contributed by atoms with Gasteiger partial charge in [0.2, 0.25) is 0 Å². The fraction of sp³-hybridized carbons (Fsp3) is 0.333. The molecule has 0 spiro atoms. The summed E-state index contributed by atoms with van der Waals surface area (Å²) in [5.41, 5.74) is 1.28. The lowest BCUT2D eigenvalue weighted by atomic mass is 10.1. The standard InChI is InChI=1S/C18H21N3O4S/c1-3-4-5-16-18(22)20-14-10-13(7-8-15(14)25-16)26(23,24)21-17-9-6-12(2)11-19-17/h6-11,16H,3-5H2,1-2H3,(H,19,21)(H,20,22)/t16-/m0/s1. The Morgan fingerprint density at radius 3 is 2.77 bits per heavy atom. The number of aromatic nitrogens is 1. The molecule has 2 N–H and O–H groups in total. The molecular formula is C18H21N3O4S. The van der Waals surface area contributed by atoms with Gasteiger partial charge < -0.3 is 10.1 Å². The molecule has 2 aromatic rings. The van der Waals surface area contributed by atoms with Crippen molar-refractivity contribution in [2.24, 2.45) is 0 Å². The van der Waals surface area contributed by atoms with Crippen molar-refractivity contribution in [1.29, 1.82) is 0 Å². The summed E-state index contributed by atoms with van der Waals surface area (Å²) < 4.78 is 33.2. The van der Waals surface area contributed by atoms with Gasteiger partial charge in [-0.05, 0) is 49.6 Å². The summed E-state index contributed by atoms with van der Waals surface area (Å²) in [6.07, 6.45) is 3.51. The number of anilines is 2. The third-order valence-corrected chi connectivity index (χ3v) is 5.40. The van der Waals surface area contributed by atoms with Crippen molar-refractivity contribution in [2.75, 3.05) is 10.0 Å². The molecule has 26 heavy (non-hydrogen) atoms. The molecule has 0 bridgehead atoms. The van der Waals surface area contributed by atoms with Crippen LogP contribution in [0, 0.1) is 6.92 Å². The van der Waals surface area contributed by atoms with Crippen LogP contribution in [0.15, 0.2) is 41.4 Å². The van der Waals surface area contributed by atoms with Crippen molar-refractivity contribution in [1.82, 2.24) is 4.98 Å². The minimum Gasteiger partial charge on any atom is -0.478 e. The molecule has 0 saturated carbocycles. The lowest BCUT2D eigenvalue weighted by Gasteiger charge is -2.26. The maximum atomic E-state index is 12.6. The summed E-state index contributed by atoms with van der Waals surface area (Å²) in [5.74, 6) is 0.444. The second-order valence-electron chi connectivity index (χ2n) is 6.22. The van der Waals surface area contributed by atoms with Crippen molar-refractivity contribution in [3.63, 3.8) is 0 Å². The van der Waals surface area contributed by atoms with Gasteiger partial charge in [-0.15, -0.1) is 0 Å². The zero-order chi connectivity index (χ0) is 18.7. The van der Waals surface area contributed by atoms with E-state index in [1.165, 1.54) is 12.1 Å². The van der Waals surface area contributed by atoms with Gasteiger partial charge in [0.15, 0.2) is 6.10 Å². The number of benzene rings is 1. The number of amides is 1. The normalized spacial score (nSPS) is 16.4. The third kappa shape index (κ3) is 3.96. The van der Waals surface area contributed by atoms with E-state index in [9.17, 15) is 13.2 Å². The molecule has 2 heterocycles. The van der Waals surface area contributed by atoms with Crippen LogP contribution in [0.1, 0.15) is 31.7 Å². The average molecular weight is 375 g/mol. The first-order valence-corrected chi connectivity index (χ1v) is 9.94. The van der Waals surface area contributed by atoms with Gasteiger partial charge >= 0.3 is 0 Å². The van der Waals surface area contributed by atoms with Crippen LogP contribution < -0.4 is 14.8 Å².